The third-order valence-electron chi connectivity index (χ3n) is 3.46. The van der Waals surface area contributed by atoms with Crippen molar-refractivity contribution in [3.8, 4) is 0 Å². The van der Waals surface area contributed by atoms with E-state index in [1.54, 1.807) is 0 Å². The summed E-state index contributed by atoms with van der Waals surface area (Å²) in [6, 6.07) is 0.305. The summed E-state index contributed by atoms with van der Waals surface area (Å²) in [7, 11) is 4.12. The Morgan fingerprint density at radius 3 is 2.35 bits per heavy atom. The van der Waals surface area contributed by atoms with E-state index >= 15 is 0 Å². The second-order valence-electron chi connectivity index (χ2n) is 5.37. The minimum Gasteiger partial charge on any atom is -0.389 e. The summed E-state index contributed by atoms with van der Waals surface area (Å²) in [5.41, 5.74) is 8.63. The Hall–Kier alpha value is -1.27. The van der Waals surface area contributed by atoms with Gasteiger partial charge in [0.2, 0.25) is 0 Å². The van der Waals surface area contributed by atoms with Crippen molar-refractivity contribution in [3.05, 3.63) is 16.8 Å². The Labute approximate surface area is 127 Å². The van der Waals surface area contributed by atoms with Gasteiger partial charge in [-0.3, -0.25) is 0 Å². The van der Waals surface area contributed by atoms with Gasteiger partial charge in [-0.05, 0) is 47.4 Å². The highest BCUT2D eigenvalue weighted by molar-refractivity contribution is 7.80. The summed E-state index contributed by atoms with van der Waals surface area (Å²) in [6.07, 6.45) is 0. The minimum absolute atomic E-state index is 0.305. The molecule has 0 aliphatic rings. The molecule has 0 spiro atoms. The molecule has 0 fully saturated rings. The number of rotatable bonds is 6. The predicted molar refractivity (Wildman–Crippen MR) is 88.4 cm³/mol. The molecule has 1 heterocycles. The Kier molecular flexibility index (Phi) is 5.83. The normalized spacial score (nSPS) is 12.6. The number of nitrogens with zero attached hydrogens (tertiary/aromatic N) is 4. The van der Waals surface area contributed by atoms with E-state index in [1.165, 1.54) is 0 Å². The molecule has 0 aliphatic heterocycles. The second kappa shape index (κ2) is 6.95. The van der Waals surface area contributed by atoms with Gasteiger partial charge in [0.15, 0.2) is 5.82 Å². The molecule has 112 valence electrons. The van der Waals surface area contributed by atoms with Crippen molar-refractivity contribution >= 4 is 23.0 Å². The summed E-state index contributed by atoms with van der Waals surface area (Å²) < 4.78 is 0. The Balaban J connectivity index is 3.28. The molecule has 20 heavy (non-hydrogen) atoms. The summed E-state index contributed by atoms with van der Waals surface area (Å²) in [4.78, 5) is 4.74. The van der Waals surface area contributed by atoms with Crippen molar-refractivity contribution in [1.82, 2.24) is 15.1 Å². The monoisotopic (exact) mass is 295 g/mol. The maximum absolute atomic E-state index is 5.90. The molecular formula is C14H25N5S. The molecule has 0 amide bonds. The molecule has 1 rings (SSSR count). The number of aromatic nitrogens is 2. The fourth-order valence-corrected chi connectivity index (χ4v) is 2.63. The zero-order valence-electron chi connectivity index (χ0n) is 13.3. The van der Waals surface area contributed by atoms with Crippen LogP contribution in [0.1, 0.15) is 30.7 Å². The third-order valence-corrected chi connectivity index (χ3v) is 3.66. The van der Waals surface area contributed by atoms with Gasteiger partial charge in [0, 0.05) is 19.1 Å². The van der Waals surface area contributed by atoms with E-state index in [9.17, 15) is 0 Å². The van der Waals surface area contributed by atoms with Gasteiger partial charge in [0.25, 0.3) is 0 Å². The van der Waals surface area contributed by atoms with E-state index in [0.717, 1.165) is 35.7 Å². The first-order valence-electron chi connectivity index (χ1n) is 6.84. The smallest absolute Gasteiger partial charge is 0.162 e. The van der Waals surface area contributed by atoms with Gasteiger partial charge in [-0.15, -0.1) is 5.10 Å². The van der Waals surface area contributed by atoms with E-state index in [2.05, 4.69) is 47.9 Å². The molecular weight excluding hydrogens is 270 g/mol. The van der Waals surface area contributed by atoms with E-state index in [0.29, 0.717) is 11.0 Å². The average molecular weight is 295 g/mol. The second-order valence-corrected chi connectivity index (χ2v) is 5.81. The lowest BCUT2D eigenvalue weighted by Crippen LogP contribution is -2.42. The van der Waals surface area contributed by atoms with Gasteiger partial charge < -0.3 is 15.5 Å². The zero-order valence-corrected chi connectivity index (χ0v) is 14.1. The molecule has 0 aliphatic carbocycles. The third kappa shape index (κ3) is 3.64. The fraction of sp³-hybridized carbons (Fsp3) is 0.643. The van der Waals surface area contributed by atoms with Crippen LogP contribution in [0.15, 0.2) is 0 Å². The van der Waals surface area contributed by atoms with Crippen molar-refractivity contribution in [1.29, 1.82) is 0 Å². The number of thiocarbonyl (C=S) groups is 1. The van der Waals surface area contributed by atoms with Gasteiger partial charge in [-0.1, -0.05) is 12.2 Å². The molecule has 6 heteroatoms. The zero-order chi connectivity index (χ0) is 15.4. The Bertz CT molecular complexity index is 487. The molecule has 0 radical (unpaired) electrons. The molecule has 0 saturated heterocycles. The number of hydrogen-bond acceptors (Lipinski definition) is 5. The maximum Gasteiger partial charge on any atom is 0.162 e. The Morgan fingerprint density at radius 2 is 1.90 bits per heavy atom. The van der Waals surface area contributed by atoms with Gasteiger partial charge >= 0.3 is 0 Å². The van der Waals surface area contributed by atoms with E-state index in [-0.39, 0.29) is 0 Å². The number of anilines is 1. The van der Waals surface area contributed by atoms with Gasteiger partial charge in [0.05, 0.1) is 11.3 Å². The average Bonchev–Trinajstić information content (AvgIpc) is 2.33. The molecule has 1 aromatic heterocycles. The Morgan fingerprint density at radius 1 is 1.30 bits per heavy atom. The molecule has 0 bridgehead atoms. The number of likely N-dealkylation sites (N-methyl/N-ethyl adjacent to an activating group) is 2. The van der Waals surface area contributed by atoms with Crippen LogP contribution in [0, 0.1) is 13.8 Å². The number of hydrogen-bond donors (Lipinski definition) is 1. The molecule has 2 N–H and O–H groups in total. The highest BCUT2D eigenvalue weighted by Crippen LogP contribution is 2.23. The summed E-state index contributed by atoms with van der Waals surface area (Å²) in [6.45, 7) is 9.96. The largest absolute Gasteiger partial charge is 0.389 e. The van der Waals surface area contributed by atoms with Crippen molar-refractivity contribution in [3.63, 3.8) is 0 Å². The topological polar surface area (TPSA) is 58.3 Å². The maximum atomic E-state index is 5.90. The molecule has 1 atom stereocenters. The predicted octanol–water partition coefficient (Wildman–Crippen LogP) is 1.50. The fourth-order valence-electron chi connectivity index (χ4n) is 2.39. The van der Waals surface area contributed by atoms with Gasteiger partial charge in [-0.25, -0.2) is 0 Å². The van der Waals surface area contributed by atoms with E-state index < -0.39 is 0 Å². The lowest BCUT2D eigenvalue weighted by atomic mass is 10.1. The lowest BCUT2D eigenvalue weighted by molar-refractivity contribution is 0.372. The SMILES string of the molecule is CCN(c1nnc(C)c(C)c1C(N)=S)C(C)CN(C)C. The molecule has 0 saturated carbocycles. The first kappa shape index (κ1) is 16.8. The standard InChI is InChI=1S/C14H25N5S/c1-7-19(9(2)8-18(5)6)14-12(13(15)20)10(3)11(4)16-17-14/h9H,7-8H2,1-6H3,(H2,15,20). The van der Waals surface area contributed by atoms with Crippen LogP contribution in [0.25, 0.3) is 0 Å². The van der Waals surface area contributed by atoms with Crippen LogP contribution in [0.2, 0.25) is 0 Å². The van der Waals surface area contributed by atoms with Crippen LogP contribution >= 0.6 is 12.2 Å². The first-order valence-corrected chi connectivity index (χ1v) is 7.25. The lowest BCUT2D eigenvalue weighted by Gasteiger charge is -2.32. The van der Waals surface area contributed by atoms with Crippen molar-refractivity contribution < 1.29 is 0 Å². The van der Waals surface area contributed by atoms with Crippen molar-refractivity contribution in [2.24, 2.45) is 5.73 Å². The highest BCUT2D eigenvalue weighted by atomic mass is 32.1. The van der Waals surface area contributed by atoms with E-state index in [4.69, 9.17) is 18.0 Å². The first-order chi connectivity index (χ1) is 9.29. The quantitative estimate of drug-likeness (QED) is 0.803. The van der Waals surface area contributed by atoms with Crippen LogP contribution in [-0.2, 0) is 0 Å². The summed E-state index contributed by atoms with van der Waals surface area (Å²) >= 11 is 5.21. The molecule has 0 aromatic carbocycles. The summed E-state index contributed by atoms with van der Waals surface area (Å²) in [5, 5.41) is 8.58. The molecule has 1 unspecified atom stereocenters. The van der Waals surface area contributed by atoms with Crippen molar-refractivity contribution in [2.45, 2.75) is 33.7 Å². The van der Waals surface area contributed by atoms with Crippen LogP contribution in [0.4, 0.5) is 5.82 Å². The molecule has 5 nitrogen and oxygen atoms in total. The van der Waals surface area contributed by atoms with Crippen LogP contribution in [0.5, 0.6) is 0 Å². The summed E-state index contributed by atoms with van der Waals surface area (Å²) in [5.74, 6) is 0.789. The number of nitrogens with two attached hydrogens (primary N) is 1. The van der Waals surface area contributed by atoms with Crippen molar-refractivity contribution in [2.75, 3.05) is 32.1 Å². The highest BCUT2D eigenvalue weighted by Gasteiger charge is 2.22. The van der Waals surface area contributed by atoms with Gasteiger partial charge in [0.1, 0.15) is 4.99 Å². The minimum atomic E-state index is 0.305. The van der Waals surface area contributed by atoms with Crippen LogP contribution in [0.3, 0.4) is 0 Å². The number of aryl methyl sites for hydroxylation is 1. The van der Waals surface area contributed by atoms with E-state index in [1.807, 2.05) is 13.8 Å². The van der Waals surface area contributed by atoms with Crippen LogP contribution < -0.4 is 10.6 Å². The van der Waals surface area contributed by atoms with Crippen LogP contribution in [-0.4, -0.2) is 53.3 Å². The van der Waals surface area contributed by atoms with Gasteiger partial charge in [-0.2, -0.15) is 5.10 Å². The molecule has 1 aromatic rings.